The molecule has 0 radical (unpaired) electrons. The van der Waals surface area contributed by atoms with E-state index in [0.717, 1.165) is 30.3 Å². The van der Waals surface area contributed by atoms with Crippen molar-refractivity contribution in [1.29, 1.82) is 0 Å². The minimum absolute atomic E-state index is 0.125. The molecule has 1 aliphatic rings. The van der Waals surface area contributed by atoms with E-state index < -0.39 is 0 Å². The Morgan fingerprint density at radius 3 is 3.00 bits per heavy atom. The Kier molecular flexibility index (Phi) is 3.31. The van der Waals surface area contributed by atoms with Gasteiger partial charge < -0.3 is 10.8 Å². The Morgan fingerprint density at radius 1 is 1.60 bits per heavy atom. The summed E-state index contributed by atoms with van der Waals surface area (Å²) in [7, 11) is 0. The smallest absolute Gasteiger partial charge is 0.159 e. The van der Waals surface area contributed by atoms with Crippen molar-refractivity contribution in [2.24, 2.45) is 5.92 Å². The fourth-order valence-electron chi connectivity index (χ4n) is 2.20. The van der Waals surface area contributed by atoms with E-state index in [1.165, 1.54) is 6.42 Å². The molecule has 2 rings (SSSR count). The molecule has 5 heteroatoms. The highest BCUT2D eigenvalue weighted by molar-refractivity contribution is 9.10. The Bertz CT molecular complexity index is 320. The molecule has 2 unspecified atom stereocenters. The highest BCUT2D eigenvalue weighted by atomic mass is 79.9. The molecular weight excluding hydrogens is 258 g/mol. The van der Waals surface area contributed by atoms with Crippen LogP contribution in [0.2, 0.25) is 0 Å². The Labute approximate surface area is 97.6 Å². The van der Waals surface area contributed by atoms with Crippen molar-refractivity contribution in [3.05, 3.63) is 10.7 Å². The third kappa shape index (κ3) is 2.72. The number of hydrogen-bond acceptors (Lipinski definition) is 3. The number of nitrogens with zero attached hydrogens (tertiary/aromatic N) is 2. The lowest BCUT2D eigenvalue weighted by Gasteiger charge is -2.25. The van der Waals surface area contributed by atoms with Crippen LogP contribution in [0.5, 0.6) is 0 Å². The first-order valence-electron chi connectivity index (χ1n) is 5.31. The first-order valence-corrected chi connectivity index (χ1v) is 6.11. The standard InChI is InChI=1S/C10H16BrN3O/c11-9-6-14(13-10(9)12)5-7-2-1-3-8(15)4-7/h6-8,15H,1-5H2,(H2,12,13). The molecule has 0 saturated heterocycles. The number of hydrogen-bond donors (Lipinski definition) is 2. The quantitative estimate of drug-likeness (QED) is 0.864. The topological polar surface area (TPSA) is 64.1 Å². The fraction of sp³-hybridized carbons (Fsp3) is 0.700. The van der Waals surface area contributed by atoms with Crippen molar-refractivity contribution < 1.29 is 5.11 Å². The Hall–Kier alpha value is -0.550. The third-order valence-corrected chi connectivity index (χ3v) is 3.55. The lowest BCUT2D eigenvalue weighted by atomic mass is 9.87. The van der Waals surface area contributed by atoms with Gasteiger partial charge in [-0.2, -0.15) is 5.10 Å². The van der Waals surface area contributed by atoms with Crippen LogP contribution in [0.1, 0.15) is 25.7 Å². The van der Waals surface area contributed by atoms with Gasteiger partial charge in [-0.3, -0.25) is 4.68 Å². The average Bonchev–Trinajstić information content (AvgIpc) is 2.45. The zero-order chi connectivity index (χ0) is 10.8. The van der Waals surface area contributed by atoms with Crippen LogP contribution < -0.4 is 5.73 Å². The van der Waals surface area contributed by atoms with Crippen LogP contribution in [-0.4, -0.2) is 21.0 Å². The molecule has 1 aromatic heterocycles. The van der Waals surface area contributed by atoms with Crippen molar-refractivity contribution in [3.63, 3.8) is 0 Å². The summed E-state index contributed by atoms with van der Waals surface area (Å²) >= 11 is 3.34. The van der Waals surface area contributed by atoms with Crippen molar-refractivity contribution in [2.45, 2.75) is 38.3 Å². The molecule has 1 aromatic rings. The summed E-state index contributed by atoms with van der Waals surface area (Å²) in [4.78, 5) is 0. The van der Waals surface area contributed by atoms with Crippen molar-refractivity contribution >= 4 is 21.7 Å². The van der Waals surface area contributed by atoms with Crippen LogP contribution >= 0.6 is 15.9 Å². The average molecular weight is 274 g/mol. The van der Waals surface area contributed by atoms with Crippen LogP contribution in [0, 0.1) is 5.92 Å². The molecule has 0 amide bonds. The summed E-state index contributed by atoms with van der Waals surface area (Å²) in [6, 6.07) is 0. The minimum atomic E-state index is -0.125. The van der Waals surface area contributed by atoms with E-state index in [2.05, 4.69) is 21.0 Å². The van der Waals surface area contributed by atoms with E-state index in [4.69, 9.17) is 5.73 Å². The number of aromatic nitrogens is 2. The van der Waals surface area contributed by atoms with Crippen LogP contribution in [0.25, 0.3) is 0 Å². The summed E-state index contributed by atoms with van der Waals surface area (Å²) in [5.41, 5.74) is 5.64. The summed E-state index contributed by atoms with van der Waals surface area (Å²) < 4.78 is 2.71. The van der Waals surface area contributed by atoms with Crippen molar-refractivity contribution in [1.82, 2.24) is 9.78 Å². The molecule has 0 aromatic carbocycles. The number of rotatable bonds is 2. The van der Waals surface area contributed by atoms with Gasteiger partial charge in [0.15, 0.2) is 5.82 Å². The second kappa shape index (κ2) is 4.53. The van der Waals surface area contributed by atoms with Gasteiger partial charge in [0, 0.05) is 12.7 Å². The third-order valence-electron chi connectivity index (χ3n) is 2.94. The van der Waals surface area contributed by atoms with Gasteiger partial charge >= 0.3 is 0 Å². The zero-order valence-corrected chi connectivity index (χ0v) is 10.2. The Morgan fingerprint density at radius 2 is 2.40 bits per heavy atom. The van der Waals surface area contributed by atoms with Gasteiger partial charge in [-0.15, -0.1) is 0 Å². The van der Waals surface area contributed by atoms with E-state index in [1.807, 2.05) is 10.9 Å². The van der Waals surface area contributed by atoms with E-state index in [9.17, 15) is 5.11 Å². The maximum absolute atomic E-state index is 9.55. The normalized spacial score (nSPS) is 26.8. The van der Waals surface area contributed by atoms with Gasteiger partial charge in [0.25, 0.3) is 0 Å². The minimum Gasteiger partial charge on any atom is -0.393 e. The molecule has 1 heterocycles. The van der Waals surface area contributed by atoms with Gasteiger partial charge in [0.1, 0.15) is 0 Å². The van der Waals surface area contributed by atoms with Crippen LogP contribution in [0.3, 0.4) is 0 Å². The molecule has 2 atom stereocenters. The van der Waals surface area contributed by atoms with E-state index in [1.54, 1.807) is 0 Å². The largest absolute Gasteiger partial charge is 0.393 e. The lowest BCUT2D eigenvalue weighted by Crippen LogP contribution is -2.23. The van der Waals surface area contributed by atoms with Crippen molar-refractivity contribution in [3.8, 4) is 0 Å². The predicted molar refractivity (Wildman–Crippen MR) is 62.3 cm³/mol. The molecule has 1 saturated carbocycles. The molecule has 84 valence electrons. The highest BCUT2D eigenvalue weighted by Gasteiger charge is 2.20. The molecule has 0 spiro atoms. The number of aliphatic hydroxyl groups is 1. The highest BCUT2D eigenvalue weighted by Crippen LogP contribution is 2.26. The van der Waals surface area contributed by atoms with Gasteiger partial charge in [0.05, 0.1) is 10.6 Å². The van der Waals surface area contributed by atoms with Gasteiger partial charge in [-0.1, -0.05) is 6.42 Å². The van der Waals surface area contributed by atoms with E-state index in [-0.39, 0.29) is 6.10 Å². The maximum atomic E-state index is 9.55. The first-order chi connectivity index (χ1) is 7.15. The summed E-state index contributed by atoms with van der Waals surface area (Å²) in [6.45, 7) is 0.854. The zero-order valence-electron chi connectivity index (χ0n) is 8.56. The molecular formula is C10H16BrN3O. The summed E-state index contributed by atoms with van der Waals surface area (Å²) in [6.07, 6.45) is 5.90. The molecule has 0 bridgehead atoms. The van der Waals surface area contributed by atoms with E-state index >= 15 is 0 Å². The Balaban J connectivity index is 1.96. The van der Waals surface area contributed by atoms with E-state index in [0.29, 0.717) is 11.7 Å². The van der Waals surface area contributed by atoms with Gasteiger partial charge in [-0.05, 0) is 41.1 Å². The molecule has 1 fully saturated rings. The molecule has 1 aliphatic carbocycles. The van der Waals surface area contributed by atoms with Crippen LogP contribution in [0.4, 0.5) is 5.82 Å². The van der Waals surface area contributed by atoms with Gasteiger partial charge in [0.2, 0.25) is 0 Å². The number of halogens is 1. The lowest BCUT2D eigenvalue weighted by molar-refractivity contribution is 0.0941. The fourth-order valence-corrected chi connectivity index (χ4v) is 2.51. The molecule has 3 N–H and O–H groups in total. The summed E-state index contributed by atoms with van der Waals surface area (Å²) in [5.74, 6) is 1.06. The molecule has 15 heavy (non-hydrogen) atoms. The monoisotopic (exact) mass is 273 g/mol. The predicted octanol–water partition coefficient (Wildman–Crippen LogP) is 1.78. The SMILES string of the molecule is Nc1nn(CC2CCCC(O)C2)cc1Br. The van der Waals surface area contributed by atoms with Crippen LogP contribution in [0.15, 0.2) is 10.7 Å². The maximum Gasteiger partial charge on any atom is 0.159 e. The summed E-state index contributed by atoms with van der Waals surface area (Å²) in [5, 5.41) is 13.7. The molecule has 0 aliphatic heterocycles. The van der Waals surface area contributed by atoms with Gasteiger partial charge in [-0.25, -0.2) is 0 Å². The number of aliphatic hydroxyl groups excluding tert-OH is 1. The number of anilines is 1. The second-order valence-electron chi connectivity index (χ2n) is 4.27. The number of nitrogen functional groups attached to an aromatic ring is 1. The molecule has 4 nitrogen and oxygen atoms in total. The second-order valence-corrected chi connectivity index (χ2v) is 5.13. The van der Waals surface area contributed by atoms with Crippen molar-refractivity contribution in [2.75, 3.05) is 5.73 Å². The first kappa shape index (κ1) is 11.0. The number of nitrogens with two attached hydrogens (primary N) is 1. The van der Waals surface area contributed by atoms with Crippen LogP contribution in [-0.2, 0) is 6.54 Å².